The van der Waals surface area contributed by atoms with E-state index >= 15 is 0 Å². The van der Waals surface area contributed by atoms with Crippen LogP contribution < -0.4 is 0 Å². The van der Waals surface area contributed by atoms with Crippen LogP contribution in [0.5, 0.6) is 0 Å². The van der Waals surface area contributed by atoms with Crippen molar-refractivity contribution in [3.05, 3.63) is 0 Å². The fraction of sp³-hybridized carbons (Fsp3) is 1.00. The third-order valence-corrected chi connectivity index (χ3v) is 2.88. The van der Waals surface area contributed by atoms with Gasteiger partial charge in [-0.15, -0.1) is 0 Å². The lowest BCUT2D eigenvalue weighted by atomic mass is 10.3. The van der Waals surface area contributed by atoms with E-state index in [1.165, 1.54) is 19.5 Å². The molecular formula is C9H17NO2. The maximum Gasteiger partial charge on any atom is 0.0900 e. The Hall–Kier alpha value is -0.120. The molecule has 3 heteroatoms. The SMILES string of the molecule is COCC(O)CN1CC2CC2C1. The van der Waals surface area contributed by atoms with Gasteiger partial charge in [0.2, 0.25) is 0 Å². The number of likely N-dealkylation sites (tertiary alicyclic amines) is 1. The van der Waals surface area contributed by atoms with Gasteiger partial charge in [0.05, 0.1) is 12.7 Å². The number of methoxy groups -OCH3 is 1. The Labute approximate surface area is 73.3 Å². The van der Waals surface area contributed by atoms with Crippen molar-refractivity contribution in [1.82, 2.24) is 4.90 Å². The number of β-amino-alcohol motifs (C(OH)–C–C–N with tert-alkyl or cyclic N) is 1. The van der Waals surface area contributed by atoms with Gasteiger partial charge in [-0.3, -0.25) is 0 Å². The molecule has 2 aliphatic rings. The molecule has 1 heterocycles. The van der Waals surface area contributed by atoms with E-state index in [0.717, 1.165) is 18.4 Å². The highest BCUT2D eigenvalue weighted by atomic mass is 16.5. The Morgan fingerprint density at radius 3 is 2.75 bits per heavy atom. The van der Waals surface area contributed by atoms with Gasteiger partial charge in [-0.1, -0.05) is 0 Å². The van der Waals surface area contributed by atoms with Crippen LogP contribution in [0, 0.1) is 11.8 Å². The first kappa shape index (κ1) is 8.48. The second-order valence-corrected chi connectivity index (χ2v) is 4.08. The predicted molar refractivity (Wildman–Crippen MR) is 45.9 cm³/mol. The molecule has 1 aliphatic carbocycles. The molecule has 1 aliphatic heterocycles. The molecule has 70 valence electrons. The molecule has 0 bridgehead atoms. The first-order valence-electron chi connectivity index (χ1n) is 4.69. The van der Waals surface area contributed by atoms with E-state index in [4.69, 9.17) is 4.74 Å². The second-order valence-electron chi connectivity index (χ2n) is 4.08. The summed E-state index contributed by atoms with van der Waals surface area (Å²) >= 11 is 0. The van der Waals surface area contributed by atoms with Crippen LogP contribution in [0.1, 0.15) is 6.42 Å². The summed E-state index contributed by atoms with van der Waals surface area (Å²) in [5, 5.41) is 9.44. The Balaban J connectivity index is 1.66. The molecule has 12 heavy (non-hydrogen) atoms. The Morgan fingerprint density at radius 2 is 2.17 bits per heavy atom. The molecule has 3 unspecified atom stereocenters. The average Bonchev–Trinajstić information content (AvgIpc) is 2.60. The monoisotopic (exact) mass is 171 g/mol. The number of aliphatic hydroxyl groups is 1. The summed E-state index contributed by atoms with van der Waals surface area (Å²) in [6, 6.07) is 0. The average molecular weight is 171 g/mol. The molecule has 0 spiro atoms. The first-order chi connectivity index (χ1) is 5.79. The number of nitrogens with zero attached hydrogens (tertiary/aromatic N) is 1. The topological polar surface area (TPSA) is 32.7 Å². The largest absolute Gasteiger partial charge is 0.389 e. The van der Waals surface area contributed by atoms with E-state index < -0.39 is 0 Å². The van der Waals surface area contributed by atoms with Crippen LogP contribution in [-0.2, 0) is 4.74 Å². The lowest BCUT2D eigenvalue weighted by Gasteiger charge is -2.20. The van der Waals surface area contributed by atoms with E-state index in [-0.39, 0.29) is 6.10 Å². The number of fused-ring (bicyclic) bond motifs is 1. The van der Waals surface area contributed by atoms with Crippen molar-refractivity contribution in [2.24, 2.45) is 11.8 Å². The minimum Gasteiger partial charge on any atom is -0.389 e. The molecule has 2 rings (SSSR count). The lowest BCUT2D eigenvalue weighted by Crippen LogP contribution is -2.34. The van der Waals surface area contributed by atoms with Gasteiger partial charge in [0.25, 0.3) is 0 Å². The van der Waals surface area contributed by atoms with Gasteiger partial charge >= 0.3 is 0 Å². The molecule has 0 aromatic heterocycles. The summed E-state index contributed by atoms with van der Waals surface area (Å²) < 4.78 is 4.88. The van der Waals surface area contributed by atoms with Crippen molar-refractivity contribution in [3.63, 3.8) is 0 Å². The molecular weight excluding hydrogens is 154 g/mol. The quantitative estimate of drug-likeness (QED) is 0.643. The van der Waals surface area contributed by atoms with E-state index in [0.29, 0.717) is 6.61 Å². The summed E-state index contributed by atoms with van der Waals surface area (Å²) in [6.45, 7) is 3.66. The summed E-state index contributed by atoms with van der Waals surface area (Å²) in [7, 11) is 1.63. The summed E-state index contributed by atoms with van der Waals surface area (Å²) in [4.78, 5) is 2.35. The van der Waals surface area contributed by atoms with E-state index in [2.05, 4.69) is 4.90 Å². The van der Waals surface area contributed by atoms with Crippen LogP contribution in [0.2, 0.25) is 0 Å². The summed E-state index contributed by atoms with van der Waals surface area (Å²) in [5.74, 6) is 1.92. The highest BCUT2D eigenvalue weighted by Crippen LogP contribution is 2.44. The van der Waals surface area contributed by atoms with Crippen molar-refractivity contribution in [2.75, 3.05) is 33.4 Å². The van der Waals surface area contributed by atoms with E-state index in [1.807, 2.05) is 0 Å². The number of aliphatic hydroxyl groups excluding tert-OH is 1. The number of ether oxygens (including phenoxy) is 1. The minimum atomic E-state index is -0.299. The van der Waals surface area contributed by atoms with Crippen LogP contribution in [0.15, 0.2) is 0 Å². The number of hydrogen-bond acceptors (Lipinski definition) is 3. The van der Waals surface area contributed by atoms with Crippen molar-refractivity contribution in [1.29, 1.82) is 0 Å². The smallest absolute Gasteiger partial charge is 0.0900 e. The fourth-order valence-electron chi connectivity index (χ4n) is 2.19. The Kier molecular flexibility index (Phi) is 2.35. The zero-order valence-corrected chi connectivity index (χ0v) is 7.57. The number of hydrogen-bond donors (Lipinski definition) is 1. The van der Waals surface area contributed by atoms with E-state index in [1.54, 1.807) is 7.11 Å². The van der Waals surface area contributed by atoms with Gasteiger partial charge in [-0.2, -0.15) is 0 Å². The van der Waals surface area contributed by atoms with Gasteiger partial charge < -0.3 is 14.7 Å². The number of rotatable bonds is 4. The van der Waals surface area contributed by atoms with Crippen LogP contribution in [-0.4, -0.2) is 49.5 Å². The molecule has 1 saturated heterocycles. The molecule has 0 radical (unpaired) electrons. The first-order valence-corrected chi connectivity index (χ1v) is 4.69. The Bertz CT molecular complexity index is 153. The maximum absolute atomic E-state index is 9.44. The number of piperidine rings is 1. The minimum absolute atomic E-state index is 0.299. The van der Waals surface area contributed by atoms with Gasteiger partial charge in [-0.25, -0.2) is 0 Å². The zero-order valence-electron chi connectivity index (χ0n) is 7.57. The van der Waals surface area contributed by atoms with Crippen molar-refractivity contribution < 1.29 is 9.84 Å². The van der Waals surface area contributed by atoms with Crippen LogP contribution >= 0.6 is 0 Å². The van der Waals surface area contributed by atoms with Crippen LogP contribution in [0.25, 0.3) is 0 Å². The lowest BCUT2D eigenvalue weighted by molar-refractivity contribution is 0.0405. The molecule has 3 atom stereocenters. The normalized spacial score (nSPS) is 36.5. The second kappa shape index (κ2) is 3.32. The Morgan fingerprint density at radius 1 is 1.50 bits per heavy atom. The van der Waals surface area contributed by atoms with Crippen molar-refractivity contribution in [2.45, 2.75) is 12.5 Å². The van der Waals surface area contributed by atoms with Crippen molar-refractivity contribution >= 4 is 0 Å². The van der Waals surface area contributed by atoms with Gasteiger partial charge in [0, 0.05) is 26.7 Å². The van der Waals surface area contributed by atoms with Gasteiger partial charge in [0.1, 0.15) is 0 Å². The molecule has 0 aromatic carbocycles. The third kappa shape index (κ3) is 1.79. The third-order valence-electron chi connectivity index (χ3n) is 2.88. The summed E-state index contributed by atoms with van der Waals surface area (Å²) in [6.07, 6.45) is 1.13. The fourth-order valence-corrected chi connectivity index (χ4v) is 2.19. The van der Waals surface area contributed by atoms with Crippen molar-refractivity contribution in [3.8, 4) is 0 Å². The molecule has 1 saturated carbocycles. The molecule has 1 N–H and O–H groups in total. The zero-order chi connectivity index (χ0) is 8.55. The summed E-state index contributed by atoms with van der Waals surface area (Å²) in [5.41, 5.74) is 0. The maximum atomic E-state index is 9.44. The molecule has 3 nitrogen and oxygen atoms in total. The van der Waals surface area contributed by atoms with Gasteiger partial charge in [-0.05, 0) is 18.3 Å². The molecule has 2 fully saturated rings. The highest BCUT2D eigenvalue weighted by molar-refractivity contribution is 4.97. The van der Waals surface area contributed by atoms with Crippen LogP contribution in [0.4, 0.5) is 0 Å². The molecule has 0 aromatic rings. The highest BCUT2D eigenvalue weighted by Gasteiger charge is 2.44. The van der Waals surface area contributed by atoms with Gasteiger partial charge in [0.15, 0.2) is 0 Å². The standard InChI is InChI=1S/C9H17NO2/c1-12-6-9(11)5-10-3-7-2-8(7)4-10/h7-9,11H,2-6H2,1H3. The predicted octanol–water partition coefficient (Wildman–Crippen LogP) is -0.0546. The molecule has 0 amide bonds. The van der Waals surface area contributed by atoms with E-state index in [9.17, 15) is 5.11 Å². The van der Waals surface area contributed by atoms with Crippen LogP contribution in [0.3, 0.4) is 0 Å².